The Morgan fingerprint density at radius 1 is 1.20 bits per heavy atom. The molecule has 1 aliphatic heterocycles. The lowest BCUT2D eigenvalue weighted by molar-refractivity contribution is -0.144. The van der Waals surface area contributed by atoms with Crippen molar-refractivity contribution in [2.75, 3.05) is 0 Å². The molecule has 1 aliphatic rings. The molecule has 0 atom stereocenters. The predicted molar refractivity (Wildman–Crippen MR) is 69.3 cm³/mol. The number of hydrogen-bond acceptors (Lipinski definition) is 3. The summed E-state index contributed by atoms with van der Waals surface area (Å²) in [5, 5.41) is 0.0982. The van der Waals surface area contributed by atoms with E-state index in [9.17, 15) is 18.8 Å². The van der Waals surface area contributed by atoms with Crippen molar-refractivity contribution in [3.63, 3.8) is 0 Å². The predicted octanol–water partition coefficient (Wildman–Crippen LogP) is 2.18. The molecular formula is C13H12ClFN2O3. The van der Waals surface area contributed by atoms with Crippen LogP contribution in [0.4, 0.5) is 9.18 Å². The van der Waals surface area contributed by atoms with Gasteiger partial charge in [-0.2, -0.15) is 0 Å². The maximum Gasteiger partial charge on any atom is 0.334 e. The van der Waals surface area contributed by atoms with Crippen LogP contribution in [0.15, 0.2) is 18.2 Å². The third-order valence-corrected chi connectivity index (χ3v) is 3.33. The summed E-state index contributed by atoms with van der Waals surface area (Å²) < 4.78 is 13.7. The van der Waals surface area contributed by atoms with Gasteiger partial charge in [0.1, 0.15) is 5.82 Å². The second-order valence-electron chi connectivity index (χ2n) is 4.64. The summed E-state index contributed by atoms with van der Waals surface area (Å²) in [4.78, 5) is 37.1. The number of nitrogens with zero attached hydrogens (tertiary/aromatic N) is 2. The van der Waals surface area contributed by atoms with Crippen LogP contribution in [-0.4, -0.2) is 33.7 Å². The average Bonchev–Trinajstić information content (AvgIpc) is 2.57. The molecule has 4 amide bonds. The highest BCUT2D eigenvalue weighted by molar-refractivity contribution is 6.44. The van der Waals surface area contributed by atoms with Gasteiger partial charge in [-0.3, -0.25) is 19.4 Å². The van der Waals surface area contributed by atoms with Gasteiger partial charge in [-0.25, -0.2) is 9.18 Å². The quantitative estimate of drug-likeness (QED) is 0.635. The van der Waals surface area contributed by atoms with E-state index in [2.05, 4.69) is 0 Å². The molecule has 2 rings (SSSR count). The molecule has 1 heterocycles. The highest BCUT2D eigenvalue weighted by atomic mass is 35.5. The van der Waals surface area contributed by atoms with E-state index in [1.807, 2.05) is 0 Å². The van der Waals surface area contributed by atoms with Gasteiger partial charge >= 0.3 is 17.8 Å². The van der Waals surface area contributed by atoms with Gasteiger partial charge in [0.25, 0.3) is 0 Å². The molecule has 0 saturated carbocycles. The molecular weight excluding hydrogens is 287 g/mol. The van der Waals surface area contributed by atoms with Crippen LogP contribution in [0.3, 0.4) is 0 Å². The average molecular weight is 299 g/mol. The van der Waals surface area contributed by atoms with E-state index >= 15 is 0 Å². The Hall–Kier alpha value is -1.95. The zero-order valence-corrected chi connectivity index (χ0v) is 11.6. The lowest BCUT2D eigenvalue weighted by Gasteiger charge is -2.18. The number of urea groups is 1. The fourth-order valence-corrected chi connectivity index (χ4v) is 2.18. The molecule has 0 unspecified atom stereocenters. The topological polar surface area (TPSA) is 57.7 Å². The molecule has 1 fully saturated rings. The minimum absolute atomic E-state index is 0.00859. The normalized spacial score (nSPS) is 15.8. The van der Waals surface area contributed by atoms with Crippen LogP contribution < -0.4 is 0 Å². The second kappa shape index (κ2) is 5.20. The molecule has 7 heteroatoms. The number of benzene rings is 1. The molecule has 0 spiro atoms. The van der Waals surface area contributed by atoms with E-state index in [-0.39, 0.29) is 17.1 Å². The van der Waals surface area contributed by atoms with E-state index in [0.29, 0.717) is 4.90 Å². The zero-order valence-electron chi connectivity index (χ0n) is 10.9. The van der Waals surface area contributed by atoms with Gasteiger partial charge in [-0.1, -0.05) is 17.7 Å². The first kappa shape index (κ1) is 14.5. The van der Waals surface area contributed by atoms with Crippen LogP contribution in [0.5, 0.6) is 0 Å². The summed E-state index contributed by atoms with van der Waals surface area (Å²) in [6.45, 7) is 2.86. The number of amides is 4. The van der Waals surface area contributed by atoms with Crippen molar-refractivity contribution in [3.8, 4) is 0 Å². The van der Waals surface area contributed by atoms with Gasteiger partial charge in [0.05, 0.1) is 6.54 Å². The van der Waals surface area contributed by atoms with E-state index in [0.717, 1.165) is 4.90 Å². The SMILES string of the molecule is CC(C)N1C(=O)C(=O)N(Cc2c(F)cccc2Cl)C1=O. The Labute approximate surface area is 119 Å². The van der Waals surface area contributed by atoms with Crippen molar-refractivity contribution in [2.45, 2.75) is 26.4 Å². The van der Waals surface area contributed by atoms with Gasteiger partial charge in [0.2, 0.25) is 0 Å². The maximum atomic E-state index is 13.7. The number of carbonyl (C=O) groups is 3. The van der Waals surface area contributed by atoms with Gasteiger partial charge in [-0.15, -0.1) is 0 Å². The Bertz CT molecular complexity index is 583. The third-order valence-electron chi connectivity index (χ3n) is 2.98. The highest BCUT2D eigenvalue weighted by Crippen LogP contribution is 2.24. The van der Waals surface area contributed by atoms with E-state index in [1.165, 1.54) is 18.2 Å². The van der Waals surface area contributed by atoms with Crippen molar-refractivity contribution < 1.29 is 18.8 Å². The number of carbonyl (C=O) groups excluding carboxylic acids is 3. The van der Waals surface area contributed by atoms with Crippen LogP contribution >= 0.6 is 11.6 Å². The number of imide groups is 2. The molecule has 1 aromatic rings. The molecule has 0 aromatic heterocycles. The summed E-state index contributed by atoms with van der Waals surface area (Å²) in [6, 6.07) is 2.84. The van der Waals surface area contributed by atoms with Gasteiger partial charge in [0.15, 0.2) is 0 Å². The van der Waals surface area contributed by atoms with Crippen molar-refractivity contribution in [3.05, 3.63) is 34.6 Å². The maximum absolute atomic E-state index is 13.7. The van der Waals surface area contributed by atoms with E-state index in [1.54, 1.807) is 13.8 Å². The molecule has 1 aromatic carbocycles. The van der Waals surface area contributed by atoms with Crippen LogP contribution in [0, 0.1) is 5.82 Å². The molecule has 0 N–H and O–H groups in total. The number of rotatable bonds is 3. The van der Waals surface area contributed by atoms with Crippen molar-refractivity contribution in [2.24, 2.45) is 0 Å². The zero-order chi connectivity index (χ0) is 15.0. The first-order valence-corrected chi connectivity index (χ1v) is 6.34. The Morgan fingerprint density at radius 2 is 1.85 bits per heavy atom. The Kier molecular flexibility index (Phi) is 3.76. The lowest BCUT2D eigenvalue weighted by Crippen LogP contribution is -2.38. The first-order chi connectivity index (χ1) is 9.34. The van der Waals surface area contributed by atoms with Crippen LogP contribution in [0.1, 0.15) is 19.4 Å². The standard InChI is InChI=1S/C13H12ClFN2O3/c1-7(2)17-12(19)11(18)16(13(17)20)6-8-9(14)4-3-5-10(8)15/h3-5,7H,6H2,1-2H3. The Balaban J connectivity index is 2.33. The molecule has 5 nitrogen and oxygen atoms in total. The minimum Gasteiger partial charge on any atom is -0.263 e. The molecule has 0 aliphatic carbocycles. The summed E-state index contributed by atoms with van der Waals surface area (Å²) in [5.41, 5.74) is 0.00859. The summed E-state index contributed by atoms with van der Waals surface area (Å²) >= 11 is 5.85. The fraction of sp³-hybridized carbons (Fsp3) is 0.308. The van der Waals surface area contributed by atoms with Crippen LogP contribution in [0.25, 0.3) is 0 Å². The van der Waals surface area contributed by atoms with E-state index in [4.69, 9.17) is 11.6 Å². The van der Waals surface area contributed by atoms with Gasteiger partial charge < -0.3 is 0 Å². The van der Waals surface area contributed by atoms with Crippen LogP contribution in [-0.2, 0) is 16.1 Å². The van der Waals surface area contributed by atoms with Crippen molar-refractivity contribution in [1.29, 1.82) is 0 Å². The second-order valence-corrected chi connectivity index (χ2v) is 5.05. The highest BCUT2D eigenvalue weighted by Gasteiger charge is 2.45. The smallest absolute Gasteiger partial charge is 0.263 e. The molecule has 1 saturated heterocycles. The number of halogens is 2. The minimum atomic E-state index is -0.969. The first-order valence-electron chi connectivity index (χ1n) is 5.96. The summed E-state index contributed by atoms with van der Waals surface area (Å²) in [5.74, 6) is -2.51. The molecule has 20 heavy (non-hydrogen) atoms. The fourth-order valence-electron chi connectivity index (χ4n) is 1.96. The van der Waals surface area contributed by atoms with Crippen LogP contribution in [0.2, 0.25) is 5.02 Å². The van der Waals surface area contributed by atoms with Crippen molar-refractivity contribution >= 4 is 29.4 Å². The van der Waals surface area contributed by atoms with Gasteiger partial charge in [0, 0.05) is 16.6 Å². The van der Waals surface area contributed by atoms with E-state index < -0.39 is 29.7 Å². The summed E-state index contributed by atoms with van der Waals surface area (Å²) in [7, 11) is 0. The monoisotopic (exact) mass is 298 g/mol. The molecule has 0 radical (unpaired) electrons. The number of hydrogen-bond donors (Lipinski definition) is 0. The van der Waals surface area contributed by atoms with Gasteiger partial charge in [-0.05, 0) is 26.0 Å². The molecule has 0 bridgehead atoms. The lowest BCUT2D eigenvalue weighted by atomic mass is 10.2. The Morgan fingerprint density at radius 3 is 2.35 bits per heavy atom. The summed E-state index contributed by atoms with van der Waals surface area (Å²) in [6.07, 6.45) is 0. The molecule has 106 valence electrons. The van der Waals surface area contributed by atoms with Crippen molar-refractivity contribution in [1.82, 2.24) is 9.80 Å². The third kappa shape index (κ3) is 2.27. The largest absolute Gasteiger partial charge is 0.334 e.